The second kappa shape index (κ2) is 2.39. The fourth-order valence-corrected chi connectivity index (χ4v) is 1.42. The molecular formula is C9H12N4. The van der Waals surface area contributed by atoms with E-state index in [0.717, 1.165) is 23.0 Å². The molecule has 0 spiro atoms. The molecule has 0 saturated carbocycles. The van der Waals surface area contributed by atoms with Gasteiger partial charge in [-0.05, 0) is 0 Å². The summed E-state index contributed by atoms with van der Waals surface area (Å²) in [7, 11) is 3.87. The molecule has 0 amide bonds. The average molecular weight is 176 g/mol. The number of anilines is 1. The topological polar surface area (TPSA) is 35.2 Å². The summed E-state index contributed by atoms with van der Waals surface area (Å²) in [6, 6.07) is 0. The van der Waals surface area contributed by atoms with Crippen LogP contribution in [0.1, 0.15) is 5.69 Å². The number of imidazole rings is 1. The lowest BCUT2D eigenvalue weighted by Crippen LogP contribution is -2.33. The predicted octanol–water partition coefficient (Wildman–Crippen LogP) is 1.23. The number of fused-ring (bicyclic) bond motifs is 1. The van der Waals surface area contributed by atoms with Gasteiger partial charge in [-0.15, -0.1) is 0 Å². The Morgan fingerprint density at radius 3 is 2.69 bits per heavy atom. The molecule has 1 aliphatic rings. The molecule has 1 aromatic heterocycles. The van der Waals surface area contributed by atoms with Crippen LogP contribution in [0.15, 0.2) is 25.3 Å². The molecule has 0 unspecified atom stereocenters. The summed E-state index contributed by atoms with van der Waals surface area (Å²) in [4.78, 5) is 11.1. The third kappa shape index (κ3) is 0.884. The first kappa shape index (κ1) is 7.91. The van der Waals surface area contributed by atoms with Gasteiger partial charge in [-0.25, -0.2) is 4.98 Å². The van der Waals surface area contributed by atoms with Crippen molar-refractivity contribution in [1.82, 2.24) is 14.9 Å². The number of rotatable bonds is 0. The summed E-state index contributed by atoms with van der Waals surface area (Å²) in [5.74, 6) is 1.76. The first-order valence-electron chi connectivity index (χ1n) is 4.02. The highest BCUT2D eigenvalue weighted by Gasteiger charge is 2.25. The predicted molar refractivity (Wildman–Crippen MR) is 52.9 cm³/mol. The fourth-order valence-electron chi connectivity index (χ4n) is 1.42. The highest BCUT2D eigenvalue weighted by Crippen LogP contribution is 2.33. The van der Waals surface area contributed by atoms with Gasteiger partial charge in [0, 0.05) is 14.1 Å². The number of hydrogen-bond acceptors (Lipinski definition) is 3. The van der Waals surface area contributed by atoms with Crippen LogP contribution in [0.5, 0.6) is 0 Å². The SMILES string of the molecule is C=C1c2[nH]cnc2N(C)C(=C)N1C. The Hall–Kier alpha value is -1.71. The standard InChI is InChI=1S/C9H12N4/c1-6-8-9(11-5-10-8)13(4)7(2)12(6)3/h5H,1-2H2,3-4H3,(H,10,11). The minimum Gasteiger partial charge on any atom is -0.342 e. The molecule has 0 bridgehead atoms. The molecule has 1 aliphatic heterocycles. The quantitative estimate of drug-likeness (QED) is 0.645. The molecule has 4 nitrogen and oxygen atoms in total. The summed E-state index contributed by atoms with van der Waals surface area (Å²) in [5, 5.41) is 0. The third-order valence-corrected chi connectivity index (χ3v) is 2.40. The summed E-state index contributed by atoms with van der Waals surface area (Å²) >= 11 is 0. The zero-order chi connectivity index (χ0) is 9.59. The van der Waals surface area contributed by atoms with Crippen molar-refractivity contribution in [3.8, 4) is 0 Å². The molecule has 0 fully saturated rings. The molecule has 0 atom stereocenters. The van der Waals surface area contributed by atoms with Crippen LogP contribution in [0, 0.1) is 0 Å². The number of H-pyrrole nitrogens is 1. The molecular weight excluding hydrogens is 164 g/mol. The Kier molecular flexibility index (Phi) is 1.45. The lowest BCUT2D eigenvalue weighted by molar-refractivity contribution is 0.562. The normalized spacial score (nSPS) is 16.5. The Balaban J connectivity index is 2.59. The van der Waals surface area contributed by atoms with Crippen molar-refractivity contribution >= 4 is 11.5 Å². The van der Waals surface area contributed by atoms with E-state index in [0.29, 0.717) is 0 Å². The van der Waals surface area contributed by atoms with Crippen molar-refractivity contribution in [2.45, 2.75) is 0 Å². The Morgan fingerprint density at radius 2 is 2.00 bits per heavy atom. The minimum absolute atomic E-state index is 0.879. The van der Waals surface area contributed by atoms with Gasteiger partial charge in [0.2, 0.25) is 0 Å². The molecule has 1 aromatic rings. The van der Waals surface area contributed by atoms with Gasteiger partial charge in [0.05, 0.1) is 12.0 Å². The number of nitrogens with zero attached hydrogens (tertiary/aromatic N) is 3. The van der Waals surface area contributed by atoms with Gasteiger partial charge in [-0.2, -0.15) is 0 Å². The van der Waals surface area contributed by atoms with Gasteiger partial charge >= 0.3 is 0 Å². The van der Waals surface area contributed by atoms with Crippen molar-refractivity contribution in [2.24, 2.45) is 0 Å². The van der Waals surface area contributed by atoms with E-state index in [9.17, 15) is 0 Å². The number of nitrogens with one attached hydrogen (secondary N) is 1. The molecule has 13 heavy (non-hydrogen) atoms. The summed E-state index contributed by atoms with van der Waals surface area (Å²) in [6.07, 6.45) is 1.67. The number of aromatic amines is 1. The number of hydrogen-bond donors (Lipinski definition) is 1. The van der Waals surface area contributed by atoms with Gasteiger partial charge in [-0.3, -0.25) is 0 Å². The van der Waals surface area contributed by atoms with Crippen molar-refractivity contribution in [3.05, 3.63) is 31.0 Å². The van der Waals surface area contributed by atoms with E-state index in [-0.39, 0.29) is 0 Å². The van der Waals surface area contributed by atoms with Crippen LogP contribution in [-0.4, -0.2) is 29.0 Å². The van der Waals surface area contributed by atoms with Crippen LogP contribution in [0.3, 0.4) is 0 Å². The summed E-state index contributed by atoms with van der Waals surface area (Å²) < 4.78 is 0. The first-order chi connectivity index (χ1) is 6.13. The van der Waals surface area contributed by atoms with E-state index < -0.39 is 0 Å². The minimum atomic E-state index is 0.879. The fraction of sp³-hybridized carbons (Fsp3) is 0.222. The van der Waals surface area contributed by atoms with E-state index in [1.165, 1.54) is 0 Å². The Labute approximate surface area is 77.2 Å². The lowest BCUT2D eigenvalue weighted by atomic mass is 10.2. The molecule has 0 radical (unpaired) electrons. The van der Waals surface area contributed by atoms with Crippen molar-refractivity contribution < 1.29 is 0 Å². The first-order valence-corrected chi connectivity index (χ1v) is 4.02. The maximum absolute atomic E-state index is 4.20. The molecule has 2 rings (SSSR count). The maximum Gasteiger partial charge on any atom is 0.161 e. The van der Waals surface area contributed by atoms with Gasteiger partial charge < -0.3 is 14.8 Å². The van der Waals surface area contributed by atoms with E-state index in [1.54, 1.807) is 6.33 Å². The lowest BCUT2D eigenvalue weighted by Gasteiger charge is -2.35. The van der Waals surface area contributed by atoms with Gasteiger partial charge in [0.1, 0.15) is 11.5 Å². The van der Waals surface area contributed by atoms with Crippen molar-refractivity contribution in [1.29, 1.82) is 0 Å². The van der Waals surface area contributed by atoms with E-state index in [2.05, 4.69) is 23.1 Å². The third-order valence-electron chi connectivity index (χ3n) is 2.40. The molecule has 2 heterocycles. The molecule has 68 valence electrons. The van der Waals surface area contributed by atoms with Crippen LogP contribution in [-0.2, 0) is 0 Å². The van der Waals surface area contributed by atoms with Gasteiger partial charge in [0.15, 0.2) is 5.82 Å². The van der Waals surface area contributed by atoms with Crippen LogP contribution in [0.2, 0.25) is 0 Å². The molecule has 0 aliphatic carbocycles. The zero-order valence-electron chi connectivity index (χ0n) is 7.83. The van der Waals surface area contributed by atoms with Crippen molar-refractivity contribution in [2.75, 3.05) is 19.0 Å². The van der Waals surface area contributed by atoms with Gasteiger partial charge in [0.25, 0.3) is 0 Å². The van der Waals surface area contributed by atoms with E-state index in [4.69, 9.17) is 0 Å². The molecule has 1 N–H and O–H groups in total. The largest absolute Gasteiger partial charge is 0.342 e. The Morgan fingerprint density at radius 1 is 1.31 bits per heavy atom. The van der Waals surface area contributed by atoms with Crippen LogP contribution in [0.4, 0.5) is 5.82 Å². The van der Waals surface area contributed by atoms with Gasteiger partial charge in [-0.1, -0.05) is 13.2 Å². The number of aromatic nitrogens is 2. The van der Waals surface area contributed by atoms with Crippen LogP contribution in [0.25, 0.3) is 5.70 Å². The maximum atomic E-state index is 4.20. The molecule has 0 aromatic carbocycles. The van der Waals surface area contributed by atoms with E-state index >= 15 is 0 Å². The molecule has 4 heteroatoms. The van der Waals surface area contributed by atoms with Crippen molar-refractivity contribution in [3.63, 3.8) is 0 Å². The van der Waals surface area contributed by atoms with Crippen LogP contribution < -0.4 is 4.90 Å². The highest BCUT2D eigenvalue weighted by molar-refractivity contribution is 5.75. The second-order valence-electron chi connectivity index (χ2n) is 3.08. The zero-order valence-corrected chi connectivity index (χ0v) is 7.83. The summed E-state index contributed by atoms with van der Waals surface area (Å²) in [6.45, 7) is 7.90. The average Bonchev–Trinajstić information content (AvgIpc) is 2.59. The summed E-state index contributed by atoms with van der Waals surface area (Å²) in [5.41, 5.74) is 1.85. The Bertz CT molecular complexity index is 377. The highest BCUT2D eigenvalue weighted by atomic mass is 15.4. The molecule has 0 saturated heterocycles. The van der Waals surface area contributed by atoms with E-state index in [1.807, 2.05) is 23.9 Å². The van der Waals surface area contributed by atoms with Crippen LogP contribution >= 0.6 is 0 Å². The second-order valence-corrected chi connectivity index (χ2v) is 3.08. The monoisotopic (exact) mass is 176 g/mol. The smallest absolute Gasteiger partial charge is 0.161 e.